The van der Waals surface area contributed by atoms with E-state index in [2.05, 4.69) is 169 Å². The van der Waals surface area contributed by atoms with Gasteiger partial charge in [-0.3, -0.25) is 4.98 Å². The summed E-state index contributed by atoms with van der Waals surface area (Å²) in [5.41, 5.74) is 14.9. The van der Waals surface area contributed by atoms with Gasteiger partial charge in [0.15, 0.2) is 0 Å². The normalized spacial score (nSPS) is 12.9. The lowest BCUT2D eigenvalue weighted by Crippen LogP contribution is -2.28. The second kappa shape index (κ2) is 11.7. The van der Waals surface area contributed by atoms with E-state index in [1.165, 1.54) is 33.4 Å². The van der Waals surface area contributed by atoms with E-state index in [9.17, 15) is 0 Å². The van der Waals surface area contributed by atoms with Crippen LogP contribution in [0.15, 0.2) is 188 Å². The summed E-state index contributed by atoms with van der Waals surface area (Å²) in [5.74, 6) is 0. The molecule has 1 aliphatic carbocycles. The Kier molecular flexibility index (Phi) is 6.71. The summed E-state index contributed by atoms with van der Waals surface area (Å²) >= 11 is 0. The standard InChI is InChI=1S/C48H31N3/c1-4-13-32(14-5-1)44-26-24-33-22-23-34-25-27-45(51-47(34)46(33)50-44)41-29-40-38-20-10-11-21-42(38)48(36-16-6-2-7-17-36,37-18-8-3-9-19-37)43(40)30-39(41)35-15-12-28-49-31-35/h1-31H. The van der Waals surface area contributed by atoms with E-state index in [1.807, 2.05) is 24.5 Å². The molecule has 51 heavy (non-hydrogen) atoms. The number of rotatable bonds is 5. The van der Waals surface area contributed by atoms with Crippen molar-refractivity contribution >= 4 is 21.8 Å². The van der Waals surface area contributed by atoms with Crippen LogP contribution >= 0.6 is 0 Å². The van der Waals surface area contributed by atoms with E-state index in [0.29, 0.717) is 0 Å². The van der Waals surface area contributed by atoms with Crippen LogP contribution in [0.25, 0.3) is 66.6 Å². The molecule has 0 saturated heterocycles. The minimum atomic E-state index is -0.505. The van der Waals surface area contributed by atoms with Gasteiger partial charge in [-0.05, 0) is 69.3 Å². The smallest absolute Gasteiger partial charge is 0.0972 e. The van der Waals surface area contributed by atoms with Crippen molar-refractivity contribution in [3.63, 3.8) is 0 Å². The van der Waals surface area contributed by atoms with Gasteiger partial charge in [0.1, 0.15) is 0 Å². The third-order valence-electron chi connectivity index (χ3n) is 10.4. The molecule has 0 amide bonds. The summed E-state index contributed by atoms with van der Waals surface area (Å²) in [5, 5.41) is 2.13. The highest BCUT2D eigenvalue weighted by Gasteiger charge is 2.46. The highest BCUT2D eigenvalue weighted by Crippen LogP contribution is 2.57. The van der Waals surface area contributed by atoms with Gasteiger partial charge < -0.3 is 0 Å². The Labute approximate surface area is 296 Å². The number of hydrogen-bond donors (Lipinski definition) is 0. The van der Waals surface area contributed by atoms with Crippen LogP contribution < -0.4 is 0 Å². The highest BCUT2D eigenvalue weighted by molar-refractivity contribution is 6.05. The molecule has 1 aliphatic rings. The van der Waals surface area contributed by atoms with Crippen LogP contribution in [0, 0.1) is 0 Å². The van der Waals surface area contributed by atoms with Crippen LogP contribution in [0.2, 0.25) is 0 Å². The van der Waals surface area contributed by atoms with E-state index in [1.54, 1.807) is 0 Å². The Morgan fingerprint density at radius 3 is 1.61 bits per heavy atom. The number of benzene rings is 6. The van der Waals surface area contributed by atoms with Gasteiger partial charge in [0, 0.05) is 39.9 Å². The summed E-state index contributed by atoms with van der Waals surface area (Å²) < 4.78 is 0. The molecule has 3 aromatic heterocycles. The fourth-order valence-corrected chi connectivity index (χ4v) is 8.15. The van der Waals surface area contributed by atoms with Gasteiger partial charge >= 0.3 is 0 Å². The van der Waals surface area contributed by atoms with Crippen molar-refractivity contribution in [2.24, 2.45) is 0 Å². The third-order valence-corrected chi connectivity index (χ3v) is 10.4. The summed E-state index contributed by atoms with van der Waals surface area (Å²) in [7, 11) is 0. The molecule has 0 saturated carbocycles. The molecule has 10 rings (SSSR count). The van der Waals surface area contributed by atoms with Gasteiger partial charge in [-0.15, -0.1) is 0 Å². The van der Waals surface area contributed by atoms with Gasteiger partial charge in [0.25, 0.3) is 0 Å². The van der Waals surface area contributed by atoms with Crippen molar-refractivity contribution < 1.29 is 0 Å². The van der Waals surface area contributed by atoms with Crippen LogP contribution in [-0.2, 0) is 5.41 Å². The minimum absolute atomic E-state index is 0.505. The lowest BCUT2D eigenvalue weighted by atomic mass is 9.67. The number of pyridine rings is 3. The van der Waals surface area contributed by atoms with Gasteiger partial charge in [-0.2, -0.15) is 0 Å². The molecule has 0 radical (unpaired) electrons. The summed E-state index contributed by atoms with van der Waals surface area (Å²) in [6.45, 7) is 0. The van der Waals surface area contributed by atoms with Crippen molar-refractivity contribution in [3.05, 3.63) is 211 Å². The Morgan fingerprint density at radius 2 is 0.941 bits per heavy atom. The topological polar surface area (TPSA) is 38.7 Å². The highest BCUT2D eigenvalue weighted by atomic mass is 14.8. The monoisotopic (exact) mass is 649 g/mol. The van der Waals surface area contributed by atoms with E-state index in [4.69, 9.17) is 9.97 Å². The molecular formula is C48H31N3. The van der Waals surface area contributed by atoms with Gasteiger partial charge in [-0.25, -0.2) is 9.97 Å². The average Bonchev–Trinajstić information content (AvgIpc) is 3.51. The zero-order chi connectivity index (χ0) is 33.8. The van der Waals surface area contributed by atoms with Crippen molar-refractivity contribution in [2.75, 3.05) is 0 Å². The summed E-state index contributed by atoms with van der Waals surface area (Å²) in [6, 6.07) is 62.9. The molecule has 238 valence electrons. The SMILES string of the molecule is c1ccc(-c2ccc3ccc4ccc(-c5cc6c(cc5-c5cccnc5)C(c5ccccc5)(c5ccccc5)c5ccccc5-6)nc4c3n2)cc1. The third kappa shape index (κ3) is 4.56. The van der Waals surface area contributed by atoms with Crippen molar-refractivity contribution in [1.82, 2.24) is 15.0 Å². The molecule has 3 heterocycles. The average molecular weight is 650 g/mol. The van der Waals surface area contributed by atoms with Gasteiger partial charge in [0.05, 0.1) is 27.8 Å². The number of nitrogens with zero attached hydrogens (tertiary/aromatic N) is 3. The molecule has 6 aromatic carbocycles. The van der Waals surface area contributed by atoms with E-state index < -0.39 is 5.41 Å². The molecule has 0 aliphatic heterocycles. The molecule has 0 unspecified atom stereocenters. The molecule has 9 aromatic rings. The van der Waals surface area contributed by atoms with Crippen molar-refractivity contribution in [2.45, 2.75) is 5.41 Å². The van der Waals surface area contributed by atoms with Crippen molar-refractivity contribution in [1.29, 1.82) is 0 Å². The molecule has 3 nitrogen and oxygen atoms in total. The lowest BCUT2D eigenvalue weighted by molar-refractivity contribution is 0.769. The summed E-state index contributed by atoms with van der Waals surface area (Å²) in [6.07, 6.45) is 3.80. The van der Waals surface area contributed by atoms with Crippen LogP contribution in [0.4, 0.5) is 0 Å². The first-order valence-corrected chi connectivity index (χ1v) is 17.4. The number of hydrogen-bond acceptors (Lipinski definition) is 3. The minimum Gasteiger partial charge on any atom is -0.264 e. The number of fused-ring (bicyclic) bond motifs is 6. The number of aromatic nitrogens is 3. The second-order valence-corrected chi connectivity index (χ2v) is 13.2. The Hall–Kier alpha value is -6.71. The Balaban J connectivity index is 1.28. The maximum atomic E-state index is 5.45. The quantitative estimate of drug-likeness (QED) is 0.174. The lowest BCUT2D eigenvalue weighted by Gasteiger charge is -2.34. The second-order valence-electron chi connectivity index (χ2n) is 13.2. The maximum Gasteiger partial charge on any atom is 0.0972 e. The molecule has 0 N–H and O–H groups in total. The van der Waals surface area contributed by atoms with Crippen LogP contribution in [0.1, 0.15) is 22.3 Å². The molecule has 0 bridgehead atoms. The van der Waals surface area contributed by atoms with Crippen molar-refractivity contribution in [3.8, 4) is 44.8 Å². The first-order chi connectivity index (χ1) is 25.3. The Bertz CT molecular complexity index is 2680. The maximum absolute atomic E-state index is 5.45. The van der Waals surface area contributed by atoms with Crippen LogP contribution in [0.3, 0.4) is 0 Å². The predicted molar refractivity (Wildman–Crippen MR) is 208 cm³/mol. The van der Waals surface area contributed by atoms with E-state index in [-0.39, 0.29) is 0 Å². The largest absolute Gasteiger partial charge is 0.264 e. The molecule has 0 fully saturated rings. The molecule has 0 spiro atoms. The Morgan fingerprint density at radius 1 is 0.373 bits per heavy atom. The van der Waals surface area contributed by atoms with Gasteiger partial charge in [-0.1, -0.05) is 146 Å². The molecule has 0 atom stereocenters. The molecule has 3 heteroatoms. The van der Waals surface area contributed by atoms with Crippen LogP contribution in [-0.4, -0.2) is 15.0 Å². The fraction of sp³-hybridized carbons (Fsp3) is 0.0208. The van der Waals surface area contributed by atoms with E-state index in [0.717, 1.165) is 55.4 Å². The van der Waals surface area contributed by atoms with Gasteiger partial charge in [0.2, 0.25) is 0 Å². The summed E-state index contributed by atoms with van der Waals surface area (Å²) in [4.78, 5) is 15.2. The zero-order valence-corrected chi connectivity index (χ0v) is 27.7. The predicted octanol–water partition coefficient (Wildman–Crippen LogP) is 11.5. The fourth-order valence-electron chi connectivity index (χ4n) is 8.15. The zero-order valence-electron chi connectivity index (χ0n) is 27.7. The van der Waals surface area contributed by atoms with Crippen LogP contribution in [0.5, 0.6) is 0 Å². The molecular weight excluding hydrogens is 619 g/mol. The van der Waals surface area contributed by atoms with E-state index >= 15 is 0 Å². The first-order valence-electron chi connectivity index (χ1n) is 17.4. The first kappa shape index (κ1) is 29.2.